The Morgan fingerprint density at radius 2 is 2.38 bits per heavy atom. The molecule has 4 nitrogen and oxygen atoms in total. The van der Waals surface area contributed by atoms with E-state index in [2.05, 4.69) is 29.9 Å². The molecule has 1 atom stereocenters. The lowest BCUT2D eigenvalue weighted by Gasteiger charge is -2.17. The van der Waals surface area contributed by atoms with Crippen LogP contribution >= 0.6 is 11.3 Å². The molecular formula is C16H22N2O2S. The average molecular weight is 306 g/mol. The number of thiazole rings is 1. The second kappa shape index (κ2) is 6.20. The van der Waals surface area contributed by atoms with Crippen molar-refractivity contribution >= 4 is 11.3 Å². The quantitative estimate of drug-likeness (QED) is 0.943. The summed E-state index contributed by atoms with van der Waals surface area (Å²) >= 11 is 1.67. The summed E-state index contributed by atoms with van der Waals surface area (Å²) in [5.74, 6) is 1.52. The summed E-state index contributed by atoms with van der Waals surface area (Å²) in [5.41, 5.74) is 2.48. The highest BCUT2D eigenvalue weighted by atomic mass is 32.1. The Hall–Kier alpha value is -1.33. The summed E-state index contributed by atoms with van der Waals surface area (Å²) in [6.07, 6.45) is 4.98. The maximum absolute atomic E-state index is 9.33. The van der Waals surface area contributed by atoms with Gasteiger partial charge in [-0.2, -0.15) is 0 Å². The zero-order chi connectivity index (χ0) is 14.8. The normalized spacial score (nSPS) is 19.2. The first-order chi connectivity index (χ1) is 10.2. The van der Waals surface area contributed by atoms with Gasteiger partial charge in [0.1, 0.15) is 5.76 Å². The van der Waals surface area contributed by atoms with Crippen molar-refractivity contribution in [1.82, 2.24) is 4.57 Å². The zero-order valence-corrected chi connectivity index (χ0v) is 13.4. The molecule has 0 saturated carbocycles. The third kappa shape index (κ3) is 2.85. The van der Waals surface area contributed by atoms with Gasteiger partial charge in [0.2, 0.25) is 0 Å². The molecule has 0 aliphatic heterocycles. The van der Waals surface area contributed by atoms with E-state index in [1.165, 1.54) is 11.3 Å². The standard InChI is InChI=1S/C16H22N2O2S/c1-11(2)14-10-21-16(18(14)7-8-19)17-13-4-3-5-15-12(13)6-9-20-15/h6,9-11,13,19H,3-5,7-8H2,1-2H3/b17-16-. The fourth-order valence-corrected chi connectivity index (χ4v) is 4.09. The Balaban J connectivity index is 2.01. The highest BCUT2D eigenvalue weighted by molar-refractivity contribution is 7.07. The van der Waals surface area contributed by atoms with E-state index in [1.54, 1.807) is 17.6 Å². The molecule has 5 heteroatoms. The first kappa shape index (κ1) is 14.6. The number of rotatable bonds is 4. The summed E-state index contributed by atoms with van der Waals surface area (Å²) in [5, 5.41) is 11.5. The molecule has 3 rings (SSSR count). The van der Waals surface area contributed by atoms with Gasteiger partial charge in [0, 0.05) is 29.6 Å². The molecule has 1 aliphatic rings. The minimum atomic E-state index is 0.144. The lowest BCUT2D eigenvalue weighted by atomic mass is 9.94. The fraction of sp³-hybridized carbons (Fsp3) is 0.562. The smallest absolute Gasteiger partial charge is 0.185 e. The second-order valence-corrected chi connectivity index (χ2v) is 6.65. The highest BCUT2D eigenvalue weighted by Crippen LogP contribution is 2.33. The van der Waals surface area contributed by atoms with E-state index in [4.69, 9.17) is 9.41 Å². The number of fused-ring (bicyclic) bond motifs is 1. The second-order valence-electron chi connectivity index (χ2n) is 5.81. The Morgan fingerprint density at radius 3 is 3.14 bits per heavy atom. The molecule has 21 heavy (non-hydrogen) atoms. The molecule has 0 radical (unpaired) electrons. The number of hydrogen-bond acceptors (Lipinski definition) is 4. The van der Waals surface area contributed by atoms with Crippen LogP contribution in [-0.2, 0) is 13.0 Å². The summed E-state index contributed by atoms with van der Waals surface area (Å²) in [7, 11) is 0. The molecule has 0 spiro atoms. The van der Waals surface area contributed by atoms with Gasteiger partial charge in [0.05, 0.1) is 18.9 Å². The van der Waals surface area contributed by atoms with Gasteiger partial charge in [0.25, 0.3) is 0 Å². The van der Waals surface area contributed by atoms with Gasteiger partial charge in [-0.05, 0) is 24.8 Å². The van der Waals surface area contributed by atoms with Crippen LogP contribution in [0.3, 0.4) is 0 Å². The molecule has 0 amide bonds. The van der Waals surface area contributed by atoms with Crippen LogP contribution in [0.25, 0.3) is 0 Å². The number of hydrogen-bond donors (Lipinski definition) is 1. The topological polar surface area (TPSA) is 50.7 Å². The molecule has 0 saturated heterocycles. The van der Waals surface area contributed by atoms with E-state index in [1.807, 2.05) is 0 Å². The van der Waals surface area contributed by atoms with Gasteiger partial charge in [-0.1, -0.05) is 13.8 Å². The lowest BCUT2D eigenvalue weighted by Crippen LogP contribution is -2.22. The van der Waals surface area contributed by atoms with Gasteiger partial charge in [-0.3, -0.25) is 4.99 Å². The third-order valence-corrected chi connectivity index (χ3v) is 4.93. The first-order valence-corrected chi connectivity index (χ1v) is 8.48. The van der Waals surface area contributed by atoms with Crippen LogP contribution in [-0.4, -0.2) is 16.3 Å². The minimum Gasteiger partial charge on any atom is -0.469 e. The van der Waals surface area contributed by atoms with Crippen molar-refractivity contribution < 1.29 is 9.52 Å². The predicted molar refractivity (Wildman–Crippen MR) is 83.4 cm³/mol. The van der Waals surface area contributed by atoms with E-state index < -0.39 is 0 Å². The highest BCUT2D eigenvalue weighted by Gasteiger charge is 2.22. The lowest BCUT2D eigenvalue weighted by molar-refractivity contribution is 0.272. The van der Waals surface area contributed by atoms with Gasteiger partial charge in [-0.25, -0.2) is 0 Å². The van der Waals surface area contributed by atoms with Gasteiger partial charge >= 0.3 is 0 Å². The number of nitrogens with zero attached hydrogens (tertiary/aromatic N) is 2. The zero-order valence-electron chi connectivity index (χ0n) is 12.6. The molecule has 1 N–H and O–H groups in total. The first-order valence-electron chi connectivity index (χ1n) is 7.60. The minimum absolute atomic E-state index is 0.144. The number of aromatic nitrogens is 1. The summed E-state index contributed by atoms with van der Waals surface area (Å²) in [4.78, 5) is 5.97. The van der Waals surface area contributed by atoms with Crippen LogP contribution < -0.4 is 4.80 Å². The van der Waals surface area contributed by atoms with Crippen LogP contribution in [0.2, 0.25) is 0 Å². The number of furan rings is 1. The molecule has 114 valence electrons. The molecule has 1 unspecified atom stereocenters. The number of aryl methyl sites for hydroxylation is 1. The maximum Gasteiger partial charge on any atom is 0.185 e. The Bertz CT molecular complexity index is 666. The van der Waals surface area contributed by atoms with Crippen molar-refractivity contribution in [2.45, 2.75) is 51.6 Å². The molecule has 0 fully saturated rings. The van der Waals surface area contributed by atoms with E-state index in [0.29, 0.717) is 12.5 Å². The van der Waals surface area contributed by atoms with Crippen LogP contribution in [0.5, 0.6) is 0 Å². The van der Waals surface area contributed by atoms with Gasteiger partial charge < -0.3 is 14.1 Å². The summed E-state index contributed by atoms with van der Waals surface area (Å²) < 4.78 is 7.70. The molecule has 2 heterocycles. The Morgan fingerprint density at radius 1 is 1.52 bits per heavy atom. The van der Waals surface area contributed by atoms with Crippen molar-refractivity contribution in [3.05, 3.63) is 39.5 Å². The maximum atomic E-state index is 9.33. The third-order valence-electron chi connectivity index (χ3n) is 4.03. The molecular weight excluding hydrogens is 284 g/mol. The number of aliphatic hydroxyl groups excluding tert-OH is 1. The molecule has 0 bridgehead atoms. The predicted octanol–water partition coefficient (Wildman–Crippen LogP) is 3.24. The Labute approximate surface area is 128 Å². The van der Waals surface area contributed by atoms with Crippen molar-refractivity contribution in [3.8, 4) is 0 Å². The molecule has 0 aromatic carbocycles. The van der Waals surface area contributed by atoms with Crippen LogP contribution in [0.1, 0.15) is 55.7 Å². The Kier molecular flexibility index (Phi) is 4.31. The monoisotopic (exact) mass is 306 g/mol. The van der Waals surface area contributed by atoms with Gasteiger partial charge in [0.15, 0.2) is 4.80 Å². The summed E-state index contributed by atoms with van der Waals surface area (Å²) in [6.45, 7) is 5.11. The SMILES string of the molecule is CC(C)c1cs/c(=N\C2CCCc3occc32)n1CCO. The van der Waals surface area contributed by atoms with Crippen molar-refractivity contribution in [3.63, 3.8) is 0 Å². The van der Waals surface area contributed by atoms with Crippen LogP contribution in [0.15, 0.2) is 27.1 Å². The molecule has 2 aromatic heterocycles. The summed E-state index contributed by atoms with van der Waals surface area (Å²) in [6, 6.07) is 2.24. The largest absolute Gasteiger partial charge is 0.469 e. The average Bonchev–Trinajstić information content (AvgIpc) is 3.07. The fourth-order valence-electron chi connectivity index (χ4n) is 2.95. The molecule has 1 aliphatic carbocycles. The van der Waals surface area contributed by atoms with Crippen molar-refractivity contribution in [1.29, 1.82) is 0 Å². The van der Waals surface area contributed by atoms with Crippen LogP contribution in [0.4, 0.5) is 0 Å². The van der Waals surface area contributed by atoms with Gasteiger partial charge in [-0.15, -0.1) is 11.3 Å². The van der Waals surface area contributed by atoms with E-state index >= 15 is 0 Å². The van der Waals surface area contributed by atoms with Crippen molar-refractivity contribution in [2.75, 3.05) is 6.61 Å². The van der Waals surface area contributed by atoms with E-state index in [0.717, 1.165) is 29.8 Å². The van der Waals surface area contributed by atoms with Crippen molar-refractivity contribution in [2.24, 2.45) is 4.99 Å². The molecule has 2 aromatic rings. The van der Waals surface area contributed by atoms with E-state index in [9.17, 15) is 5.11 Å². The van der Waals surface area contributed by atoms with E-state index in [-0.39, 0.29) is 12.6 Å². The number of aliphatic hydroxyl groups is 1. The van der Waals surface area contributed by atoms with Crippen LogP contribution in [0, 0.1) is 0 Å².